The summed E-state index contributed by atoms with van der Waals surface area (Å²) in [5, 5.41) is 0. The van der Waals surface area contributed by atoms with E-state index in [1.807, 2.05) is 13.8 Å². The molecule has 0 radical (unpaired) electrons. The van der Waals surface area contributed by atoms with E-state index in [9.17, 15) is 4.79 Å². The van der Waals surface area contributed by atoms with Crippen molar-refractivity contribution in [3.8, 4) is 0 Å². The van der Waals surface area contributed by atoms with Crippen LogP contribution in [0.15, 0.2) is 0 Å². The van der Waals surface area contributed by atoms with Gasteiger partial charge in [0.05, 0.1) is 6.10 Å². The molecule has 0 rings (SSSR count). The van der Waals surface area contributed by atoms with Gasteiger partial charge in [-0.1, -0.05) is 0 Å². The van der Waals surface area contributed by atoms with Crippen molar-refractivity contribution >= 4 is 5.97 Å². The topological polar surface area (TPSA) is 57.8 Å². The van der Waals surface area contributed by atoms with Crippen molar-refractivity contribution in [2.75, 3.05) is 0 Å². The third kappa shape index (κ3) is 9.06. The number of esters is 1. The third-order valence-electron chi connectivity index (χ3n) is 0.402. The molecule has 0 heterocycles. The normalized spacial score (nSPS) is 8.00. The highest BCUT2D eigenvalue weighted by atomic mass is 16.5. The van der Waals surface area contributed by atoms with Crippen LogP contribution in [0.5, 0.6) is 0 Å². The Bertz CT molecular complexity index is 68.1. The van der Waals surface area contributed by atoms with Crippen LogP contribution in [0.4, 0.5) is 0 Å². The second-order valence-electron chi connectivity index (χ2n) is 1.66. The number of ether oxygens (including phenoxy) is 1. The molecule has 0 aromatic rings. The third-order valence-corrected chi connectivity index (χ3v) is 0.402. The molecule has 0 fully saturated rings. The minimum atomic E-state index is -0.213. The van der Waals surface area contributed by atoms with Crippen LogP contribution < -0.4 is 0 Å². The van der Waals surface area contributed by atoms with Crippen molar-refractivity contribution in [3.05, 3.63) is 0 Å². The summed E-state index contributed by atoms with van der Waals surface area (Å²) >= 11 is 0. The van der Waals surface area contributed by atoms with Gasteiger partial charge in [0.1, 0.15) is 0 Å². The molecule has 0 aromatic heterocycles. The predicted molar refractivity (Wildman–Crippen MR) is 30.5 cm³/mol. The maximum Gasteiger partial charge on any atom is 0.302 e. The maximum atomic E-state index is 10.0. The number of carbonyl (C=O) groups is 1. The first kappa shape index (κ1) is 10.4. The van der Waals surface area contributed by atoms with Gasteiger partial charge in [0.2, 0.25) is 0 Å². The van der Waals surface area contributed by atoms with Crippen molar-refractivity contribution in [2.24, 2.45) is 0 Å². The summed E-state index contributed by atoms with van der Waals surface area (Å²) in [6, 6.07) is 0. The number of carbonyl (C=O) groups excluding carboxylic acids is 1. The van der Waals surface area contributed by atoms with E-state index in [1.54, 1.807) is 0 Å². The molecule has 8 heavy (non-hydrogen) atoms. The average Bonchev–Trinajstić information content (AvgIpc) is 1.27. The number of rotatable bonds is 1. The van der Waals surface area contributed by atoms with Crippen LogP contribution in [0.1, 0.15) is 20.8 Å². The summed E-state index contributed by atoms with van der Waals surface area (Å²) in [5.74, 6) is -0.213. The Labute approximate surface area is 49.0 Å². The van der Waals surface area contributed by atoms with Gasteiger partial charge in [0.15, 0.2) is 0 Å². The second-order valence-corrected chi connectivity index (χ2v) is 1.66. The van der Waals surface area contributed by atoms with Gasteiger partial charge in [-0.3, -0.25) is 4.79 Å². The van der Waals surface area contributed by atoms with Crippen LogP contribution in [-0.2, 0) is 9.53 Å². The molecular weight excluding hydrogens is 108 g/mol. The van der Waals surface area contributed by atoms with Crippen LogP contribution in [0.3, 0.4) is 0 Å². The highest BCUT2D eigenvalue weighted by Gasteiger charge is 1.93. The zero-order chi connectivity index (χ0) is 5.86. The average molecular weight is 120 g/mol. The summed E-state index contributed by atoms with van der Waals surface area (Å²) < 4.78 is 4.61. The van der Waals surface area contributed by atoms with E-state index in [2.05, 4.69) is 4.74 Å². The monoisotopic (exact) mass is 120 g/mol. The van der Waals surface area contributed by atoms with E-state index in [4.69, 9.17) is 0 Å². The van der Waals surface area contributed by atoms with Crippen molar-refractivity contribution in [1.82, 2.24) is 0 Å². The van der Waals surface area contributed by atoms with Crippen molar-refractivity contribution < 1.29 is 15.0 Å². The van der Waals surface area contributed by atoms with Crippen LogP contribution in [0.25, 0.3) is 0 Å². The van der Waals surface area contributed by atoms with Crippen LogP contribution in [0.2, 0.25) is 0 Å². The fourth-order valence-electron chi connectivity index (χ4n) is 0.332. The lowest BCUT2D eigenvalue weighted by molar-refractivity contribution is -0.144. The summed E-state index contributed by atoms with van der Waals surface area (Å²) in [4.78, 5) is 10.0. The van der Waals surface area contributed by atoms with Gasteiger partial charge in [0.25, 0.3) is 0 Å². The van der Waals surface area contributed by atoms with Gasteiger partial charge in [-0.05, 0) is 13.8 Å². The molecule has 0 aliphatic heterocycles. The zero-order valence-electron chi connectivity index (χ0n) is 5.39. The lowest BCUT2D eigenvalue weighted by atomic mass is 10.5. The van der Waals surface area contributed by atoms with Gasteiger partial charge < -0.3 is 10.2 Å². The largest absolute Gasteiger partial charge is 0.463 e. The Morgan fingerprint density at radius 3 is 1.88 bits per heavy atom. The number of hydrogen-bond donors (Lipinski definition) is 0. The van der Waals surface area contributed by atoms with E-state index in [0.29, 0.717) is 0 Å². The first-order chi connectivity index (χ1) is 3.13. The molecule has 0 saturated carbocycles. The minimum absolute atomic E-state index is 0. The van der Waals surface area contributed by atoms with E-state index in [1.165, 1.54) is 6.92 Å². The fraction of sp³-hybridized carbons (Fsp3) is 0.800. The predicted octanol–water partition coefficient (Wildman–Crippen LogP) is 0.133. The Morgan fingerprint density at radius 1 is 1.50 bits per heavy atom. The Hall–Kier alpha value is -0.570. The van der Waals surface area contributed by atoms with E-state index >= 15 is 0 Å². The van der Waals surface area contributed by atoms with Crippen molar-refractivity contribution in [2.45, 2.75) is 26.9 Å². The molecule has 0 aliphatic rings. The molecule has 3 heteroatoms. The van der Waals surface area contributed by atoms with Crippen LogP contribution in [0, 0.1) is 0 Å². The summed E-state index contributed by atoms with van der Waals surface area (Å²) in [6.07, 6.45) is 0.0255. The Kier molecular flexibility index (Phi) is 5.97. The van der Waals surface area contributed by atoms with E-state index in [0.717, 1.165) is 0 Å². The number of hydrogen-bond acceptors (Lipinski definition) is 2. The molecule has 0 bridgehead atoms. The van der Waals surface area contributed by atoms with Crippen molar-refractivity contribution in [3.63, 3.8) is 0 Å². The molecule has 0 amide bonds. The quantitative estimate of drug-likeness (QED) is 0.462. The first-order valence-electron chi connectivity index (χ1n) is 2.30. The Balaban J connectivity index is 0. The molecule has 3 nitrogen and oxygen atoms in total. The minimum Gasteiger partial charge on any atom is -0.463 e. The van der Waals surface area contributed by atoms with Gasteiger partial charge >= 0.3 is 5.97 Å². The molecule has 0 unspecified atom stereocenters. The summed E-state index contributed by atoms with van der Waals surface area (Å²) in [7, 11) is 0. The second kappa shape index (κ2) is 4.59. The first-order valence-corrected chi connectivity index (χ1v) is 2.30. The lowest BCUT2D eigenvalue weighted by Crippen LogP contribution is -2.06. The SMILES string of the molecule is CC(=O)OC(C)C.O. The van der Waals surface area contributed by atoms with Crippen molar-refractivity contribution in [1.29, 1.82) is 0 Å². The highest BCUT2D eigenvalue weighted by Crippen LogP contribution is 1.85. The van der Waals surface area contributed by atoms with Gasteiger partial charge in [-0.25, -0.2) is 0 Å². The standard InChI is InChI=1S/C5H10O2.H2O/c1-4(2)7-5(3)6;/h4H,1-3H3;1H2. The Morgan fingerprint density at radius 2 is 1.88 bits per heavy atom. The van der Waals surface area contributed by atoms with Crippen LogP contribution >= 0.6 is 0 Å². The fourth-order valence-corrected chi connectivity index (χ4v) is 0.332. The summed E-state index contributed by atoms with van der Waals surface area (Å²) in [5.41, 5.74) is 0. The summed E-state index contributed by atoms with van der Waals surface area (Å²) in [6.45, 7) is 5.04. The van der Waals surface area contributed by atoms with E-state index in [-0.39, 0.29) is 17.5 Å². The molecule has 0 aliphatic carbocycles. The molecule has 0 atom stereocenters. The molecule has 0 saturated heterocycles. The molecule has 2 N–H and O–H groups in total. The van der Waals surface area contributed by atoms with Crippen LogP contribution in [-0.4, -0.2) is 17.5 Å². The van der Waals surface area contributed by atoms with Gasteiger partial charge in [-0.2, -0.15) is 0 Å². The highest BCUT2D eigenvalue weighted by molar-refractivity contribution is 5.66. The van der Waals surface area contributed by atoms with E-state index < -0.39 is 0 Å². The zero-order valence-corrected chi connectivity index (χ0v) is 5.39. The van der Waals surface area contributed by atoms with Gasteiger partial charge in [0, 0.05) is 6.92 Å². The molecule has 0 aromatic carbocycles. The molecule has 50 valence electrons. The smallest absolute Gasteiger partial charge is 0.302 e. The van der Waals surface area contributed by atoms with Gasteiger partial charge in [-0.15, -0.1) is 0 Å². The lowest BCUT2D eigenvalue weighted by Gasteiger charge is -2.01. The molecular formula is C5H12O3. The molecule has 0 spiro atoms. The maximum absolute atomic E-state index is 10.0.